The SMILES string of the molecule is O=S(=O)(CCCC1CCCN1CCCCCCC1=C(c2ccc(F)cc2)CCCc2c1ccc(O)c2F)CCC(F)(F)C(F)(F)F. The minimum absolute atomic E-state index is 0.157. The molecule has 2 aromatic carbocycles. The largest absolute Gasteiger partial charge is 0.505 e. The Morgan fingerprint density at radius 3 is 2.28 bits per heavy atom. The van der Waals surface area contributed by atoms with Crippen LogP contribution in [0.5, 0.6) is 5.75 Å². The lowest BCUT2D eigenvalue weighted by atomic mass is 9.89. The number of halogens is 7. The smallest absolute Gasteiger partial charge is 0.453 e. The Balaban J connectivity index is 1.26. The van der Waals surface area contributed by atoms with Gasteiger partial charge in [-0.25, -0.2) is 17.2 Å². The molecule has 2 aromatic rings. The Labute approximate surface area is 266 Å². The second kappa shape index (κ2) is 15.5. The van der Waals surface area contributed by atoms with Gasteiger partial charge in [0, 0.05) is 12.5 Å². The van der Waals surface area contributed by atoms with Crippen LogP contribution in [-0.4, -0.2) is 61.2 Å². The van der Waals surface area contributed by atoms with Crippen molar-refractivity contribution in [1.82, 2.24) is 4.90 Å². The zero-order valence-electron chi connectivity index (χ0n) is 25.8. The van der Waals surface area contributed by atoms with Crippen LogP contribution in [-0.2, 0) is 16.3 Å². The number of alkyl halides is 5. The normalized spacial score (nSPS) is 18.2. The number of phenols is 1. The van der Waals surface area contributed by atoms with Crippen molar-refractivity contribution in [2.45, 2.75) is 102 Å². The second-order valence-corrected chi connectivity index (χ2v) is 14.8. The third-order valence-corrected chi connectivity index (χ3v) is 11.0. The summed E-state index contributed by atoms with van der Waals surface area (Å²) in [5, 5.41) is 9.98. The topological polar surface area (TPSA) is 57.6 Å². The van der Waals surface area contributed by atoms with Gasteiger partial charge in [-0.2, -0.15) is 22.0 Å². The van der Waals surface area contributed by atoms with E-state index in [4.69, 9.17) is 0 Å². The molecular formula is C34H42F7NO3S. The molecule has 1 saturated heterocycles. The maximum absolute atomic E-state index is 14.9. The molecule has 4 rings (SSSR count). The van der Waals surface area contributed by atoms with Crippen molar-refractivity contribution in [2.24, 2.45) is 0 Å². The summed E-state index contributed by atoms with van der Waals surface area (Å²) in [4.78, 5) is 2.30. The van der Waals surface area contributed by atoms with E-state index in [1.165, 1.54) is 18.2 Å². The summed E-state index contributed by atoms with van der Waals surface area (Å²) >= 11 is 0. The van der Waals surface area contributed by atoms with E-state index < -0.39 is 45.7 Å². The van der Waals surface area contributed by atoms with E-state index in [-0.39, 0.29) is 24.0 Å². The number of hydrogen-bond donors (Lipinski definition) is 1. The maximum atomic E-state index is 14.9. The predicted octanol–water partition coefficient (Wildman–Crippen LogP) is 9.12. The van der Waals surface area contributed by atoms with Gasteiger partial charge >= 0.3 is 12.1 Å². The van der Waals surface area contributed by atoms with Gasteiger partial charge in [-0.05, 0) is 123 Å². The maximum Gasteiger partial charge on any atom is 0.453 e. The van der Waals surface area contributed by atoms with Crippen molar-refractivity contribution in [2.75, 3.05) is 24.6 Å². The molecule has 12 heteroatoms. The number of sulfone groups is 1. The first-order valence-corrected chi connectivity index (χ1v) is 17.9. The molecule has 0 amide bonds. The van der Waals surface area contributed by atoms with Crippen LogP contribution >= 0.6 is 0 Å². The number of aromatic hydroxyl groups is 1. The Bertz CT molecular complexity index is 1460. The van der Waals surface area contributed by atoms with Gasteiger partial charge in [0.25, 0.3) is 0 Å². The molecule has 4 nitrogen and oxygen atoms in total. The Morgan fingerprint density at radius 2 is 1.57 bits per heavy atom. The van der Waals surface area contributed by atoms with E-state index in [0.29, 0.717) is 37.7 Å². The lowest BCUT2D eigenvalue weighted by molar-refractivity contribution is -0.282. The zero-order valence-corrected chi connectivity index (χ0v) is 26.6. The quantitative estimate of drug-likeness (QED) is 0.151. The molecule has 0 saturated carbocycles. The number of rotatable bonds is 15. The van der Waals surface area contributed by atoms with Crippen LogP contribution in [0.4, 0.5) is 30.7 Å². The molecule has 1 heterocycles. The lowest BCUT2D eigenvalue weighted by Crippen LogP contribution is -2.38. The van der Waals surface area contributed by atoms with Crippen molar-refractivity contribution < 1.29 is 44.3 Å². The number of likely N-dealkylation sites (tertiary alicyclic amines) is 1. The minimum atomic E-state index is -5.76. The molecule has 1 aliphatic carbocycles. The van der Waals surface area contributed by atoms with Crippen molar-refractivity contribution in [3.8, 4) is 5.75 Å². The van der Waals surface area contributed by atoms with E-state index >= 15 is 0 Å². The van der Waals surface area contributed by atoms with E-state index in [2.05, 4.69) is 4.90 Å². The molecule has 2 aliphatic rings. The Morgan fingerprint density at radius 1 is 0.848 bits per heavy atom. The first-order chi connectivity index (χ1) is 21.7. The highest BCUT2D eigenvalue weighted by molar-refractivity contribution is 7.91. The molecule has 1 aliphatic heterocycles. The van der Waals surface area contributed by atoms with Gasteiger partial charge < -0.3 is 10.0 Å². The summed E-state index contributed by atoms with van der Waals surface area (Å²) in [6.45, 7) is 1.70. The molecule has 0 radical (unpaired) electrons. The summed E-state index contributed by atoms with van der Waals surface area (Å²) in [5.74, 6) is -7.90. The van der Waals surface area contributed by atoms with Crippen LogP contribution in [0.15, 0.2) is 36.4 Å². The van der Waals surface area contributed by atoms with Gasteiger partial charge in [0.2, 0.25) is 0 Å². The minimum Gasteiger partial charge on any atom is -0.505 e. The average Bonchev–Trinajstić information content (AvgIpc) is 3.35. The zero-order chi connectivity index (χ0) is 33.5. The van der Waals surface area contributed by atoms with Crippen molar-refractivity contribution >= 4 is 21.0 Å². The number of fused-ring (bicyclic) bond motifs is 1. The summed E-state index contributed by atoms with van der Waals surface area (Å²) < 4.78 is 116. The van der Waals surface area contributed by atoms with E-state index in [9.17, 15) is 44.3 Å². The second-order valence-electron chi connectivity index (χ2n) is 12.5. The number of allylic oxidation sites excluding steroid dienone is 2. The Kier molecular flexibility index (Phi) is 12.2. The highest BCUT2D eigenvalue weighted by Crippen LogP contribution is 2.41. The number of benzene rings is 2. The van der Waals surface area contributed by atoms with Crippen LogP contribution in [0, 0.1) is 11.6 Å². The molecule has 1 unspecified atom stereocenters. The monoisotopic (exact) mass is 677 g/mol. The van der Waals surface area contributed by atoms with Crippen molar-refractivity contribution in [1.29, 1.82) is 0 Å². The van der Waals surface area contributed by atoms with Gasteiger partial charge in [-0.1, -0.05) is 31.0 Å². The summed E-state index contributed by atoms with van der Waals surface area (Å²) in [7, 11) is -4.02. The van der Waals surface area contributed by atoms with Gasteiger partial charge in [-0.15, -0.1) is 0 Å². The van der Waals surface area contributed by atoms with Crippen LogP contribution in [0.3, 0.4) is 0 Å². The van der Waals surface area contributed by atoms with Gasteiger partial charge in [0.15, 0.2) is 21.4 Å². The molecule has 0 aromatic heterocycles. The predicted molar refractivity (Wildman–Crippen MR) is 165 cm³/mol. The molecule has 0 bridgehead atoms. The van der Waals surface area contributed by atoms with Gasteiger partial charge in [0.05, 0.1) is 11.5 Å². The van der Waals surface area contributed by atoms with E-state index in [1.807, 2.05) is 0 Å². The molecule has 1 N–H and O–H groups in total. The van der Waals surface area contributed by atoms with Crippen molar-refractivity contribution in [3.63, 3.8) is 0 Å². The van der Waals surface area contributed by atoms with Crippen molar-refractivity contribution in [3.05, 3.63) is 64.7 Å². The molecule has 1 fully saturated rings. The molecule has 0 spiro atoms. The highest BCUT2D eigenvalue weighted by Gasteiger charge is 2.57. The Hall–Kier alpha value is -2.60. The van der Waals surface area contributed by atoms with Gasteiger partial charge in [0.1, 0.15) is 5.82 Å². The third kappa shape index (κ3) is 9.49. The van der Waals surface area contributed by atoms with Crippen LogP contribution < -0.4 is 0 Å². The van der Waals surface area contributed by atoms with Crippen LogP contribution in [0.25, 0.3) is 11.1 Å². The summed E-state index contributed by atoms with van der Waals surface area (Å²) in [6.07, 6.45) is 1.37. The third-order valence-electron chi connectivity index (χ3n) is 9.21. The molecule has 1 atom stereocenters. The average molecular weight is 678 g/mol. The number of nitrogens with zero attached hydrogens (tertiary/aromatic N) is 1. The standard InChI is InChI=1S/C34H42F7NO3S/c35-25-15-13-24(14-16-25)27-11-5-12-30-29(17-18-31(43)32(30)36)28(27)10-3-1-2-4-20-42-21-6-8-26(42)9-7-22-46(44,45)23-19-33(37,38)34(39,40)41/h13-18,26,43H,1-12,19-23H2. The first kappa shape index (κ1) is 36.2. The fraction of sp³-hybridized carbons (Fsp3) is 0.588. The number of phenolic OH excluding ortho intramolecular Hbond substituents is 1. The van der Waals surface area contributed by atoms with Crippen LogP contribution in [0.1, 0.15) is 93.7 Å². The van der Waals surface area contributed by atoms with Gasteiger partial charge in [-0.3, -0.25) is 0 Å². The van der Waals surface area contributed by atoms with E-state index in [0.717, 1.165) is 73.9 Å². The molecular weight excluding hydrogens is 635 g/mol. The number of hydrogen-bond acceptors (Lipinski definition) is 4. The lowest BCUT2D eigenvalue weighted by Gasteiger charge is -2.24. The van der Waals surface area contributed by atoms with E-state index in [1.54, 1.807) is 18.2 Å². The first-order valence-electron chi connectivity index (χ1n) is 16.1. The highest BCUT2D eigenvalue weighted by atomic mass is 32.2. The van der Waals surface area contributed by atoms with Crippen LogP contribution in [0.2, 0.25) is 0 Å². The summed E-state index contributed by atoms with van der Waals surface area (Å²) in [5.41, 5.74) is 4.31. The number of unbranched alkanes of at least 4 members (excludes halogenated alkanes) is 3. The fourth-order valence-electron chi connectivity index (χ4n) is 6.70. The molecule has 256 valence electrons. The summed E-state index contributed by atoms with van der Waals surface area (Å²) in [6, 6.07) is 9.66. The fourth-order valence-corrected chi connectivity index (χ4v) is 8.08. The molecule has 46 heavy (non-hydrogen) atoms.